The van der Waals surface area contributed by atoms with Crippen LogP contribution in [0.2, 0.25) is 0 Å². The van der Waals surface area contributed by atoms with Crippen LogP contribution in [-0.2, 0) is 11.2 Å². The fraction of sp³-hybridized carbons (Fsp3) is 0.318. The monoisotopic (exact) mass is 379 g/mol. The van der Waals surface area contributed by atoms with Gasteiger partial charge in [-0.1, -0.05) is 0 Å². The van der Waals surface area contributed by atoms with Crippen LogP contribution in [0.25, 0.3) is 11.0 Å². The Morgan fingerprint density at radius 1 is 1.11 bits per heavy atom. The van der Waals surface area contributed by atoms with Crippen molar-refractivity contribution in [2.24, 2.45) is 0 Å². The van der Waals surface area contributed by atoms with Gasteiger partial charge in [0.2, 0.25) is 5.91 Å². The van der Waals surface area contributed by atoms with Crippen molar-refractivity contribution in [3.05, 3.63) is 54.3 Å². The second kappa shape index (κ2) is 7.94. The molecule has 3 aromatic rings. The number of nitrogens with one attached hydrogen (secondary N) is 1. The molecule has 0 aliphatic carbocycles. The number of carbonyl (C=O) groups excluding carboxylic acids is 1. The van der Waals surface area contributed by atoms with Crippen LogP contribution in [0, 0.1) is 0 Å². The van der Waals surface area contributed by atoms with Gasteiger partial charge in [-0.2, -0.15) is 0 Å². The maximum Gasteiger partial charge on any atom is 0.228 e. The molecule has 1 aliphatic rings. The first kappa shape index (κ1) is 18.4. The van der Waals surface area contributed by atoms with Crippen molar-refractivity contribution < 1.29 is 13.9 Å². The number of rotatable bonds is 5. The summed E-state index contributed by atoms with van der Waals surface area (Å²) in [5.41, 5.74) is 3.58. The lowest BCUT2D eigenvalue weighted by Gasteiger charge is -2.34. The number of hydrogen-bond acceptors (Lipinski definition) is 5. The zero-order valence-electron chi connectivity index (χ0n) is 16.3. The number of benzene rings is 2. The minimum Gasteiger partial charge on any atom is -0.497 e. The van der Waals surface area contributed by atoms with Crippen LogP contribution in [0.15, 0.2) is 53.1 Å². The standard InChI is InChI=1S/C22H25N3O3/c1-24-9-11-25(12-10-24)18-5-3-17(4-6-18)23-22(26)13-16-15-28-21-14-19(27-2)7-8-20(16)21/h3-8,14-15H,9-13H2,1-2H3,(H,23,26). The fourth-order valence-corrected chi connectivity index (χ4v) is 3.53. The summed E-state index contributed by atoms with van der Waals surface area (Å²) in [6, 6.07) is 13.7. The summed E-state index contributed by atoms with van der Waals surface area (Å²) in [6.07, 6.45) is 1.90. The highest BCUT2D eigenvalue weighted by atomic mass is 16.5. The highest BCUT2D eigenvalue weighted by Gasteiger charge is 2.15. The molecule has 1 aliphatic heterocycles. The SMILES string of the molecule is COc1ccc2c(CC(=O)Nc3ccc(N4CCN(C)CC4)cc3)coc2c1. The Bertz CT molecular complexity index is 957. The van der Waals surface area contributed by atoms with E-state index in [0.29, 0.717) is 0 Å². The molecule has 0 saturated carbocycles. The second-order valence-electron chi connectivity index (χ2n) is 7.19. The first-order valence-corrected chi connectivity index (χ1v) is 9.50. The average Bonchev–Trinajstić information content (AvgIpc) is 3.11. The van der Waals surface area contributed by atoms with Crippen molar-refractivity contribution in [3.63, 3.8) is 0 Å². The van der Waals surface area contributed by atoms with Crippen LogP contribution in [0.3, 0.4) is 0 Å². The number of hydrogen-bond donors (Lipinski definition) is 1. The Labute approximate surface area is 164 Å². The number of piperazine rings is 1. The smallest absolute Gasteiger partial charge is 0.228 e. The third-order valence-corrected chi connectivity index (χ3v) is 5.23. The van der Waals surface area contributed by atoms with E-state index in [1.165, 1.54) is 5.69 Å². The summed E-state index contributed by atoms with van der Waals surface area (Å²) >= 11 is 0. The maximum absolute atomic E-state index is 12.5. The van der Waals surface area contributed by atoms with Crippen molar-refractivity contribution in [1.82, 2.24) is 4.90 Å². The van der Waals surface area contributed by atoms with Gasteiger partial charge >= 0.3 is 0 Å². The van der Waals surface area contributed by atoms with E-state index >= 15 is 0 Å². The third kappa shape index (κ3) is 3.97. The average molecular weight is 379 g/mol. The van der Waals surface area contributed by atoms with Gasteiger partial charge in [0.15, 0.2) is 0 Å². The number of methoxy groups -OCH3 is 1. The molecule has 1 amide bonds. The van der Waals surface area contributed by atoms with E-state index in [2.05, 4.69) is 34.3 Å². The first-order valence-electron chi connectivity index (χ1n) is 9.50. The van der Waals surface area contributed by atoms with Crippen molar-refractivity contribution in [1.29, 1.82) is 0 Å². The topological polar surface area (TPSA) is 58.0 Å². The number of furan rings is 1. The van der Waals surface area contributed by atoms with Gasteiger partial charge in [-0.15, -0.1) is 0 Å². The molecule has 1 N–H and O–H groups in total. The van der Waals surface area contributed by atoms with E-state index in [9.17, 15) is 4.79 Å². The zero-order valence-corrected chi connectivity index (χ0v) is 16.3. The number of nitrogens with zero attached hydrogens (tertiary/aromatic N) is 2. The Morgan fingerprint density at radius 2 is 1.86 bits per heavy atom. The minimum absolute atomic E-state index is 0.0640. The van der Waals surface area contributed by atoms with E-state index in [1.807, 2.05) is 30.3 Å². The van der Waals surface area contributed by atoms with Crippen molar-refractivity contribution >= 4 is 28.3 Å². The number of carbonyl (C=O) groups is 1. The van der Waals surface area contributed by atoms with Gasteiger partial charge in [0, 0.05) is 54.6 Å². The molecule has 0 bridgehead atoms. The molecule has 1 aromatic heterocycles. The van der Waals surface area contributed by atoms with E-state index in [0.717, 1.165) is 54.1 Å². The molecule has 2 aromatic carbocycles. The number of likely N-dealkylation sites (N-methyl/N-ethyl adjacent to an activating group) is 1. The Morgan fingerprint density at radius 3 is 2.57 bits per heavy atom. The number of ether oxygens (including phenoxy) is 1. The molecule has 0 spiro atoms. The zero-order chi connectivity index (χ0) is 19.5. The second-order valence-corrected chi connectivity index (χ2v) is 7.19. The number of amides is 1. The van der Waals surface area contributed by atoms with Gasteiger partial charge in [0.1, 0.15) is 11.3 Å². The van der Waals surface area contributed by atoms with Crippen LogP contribution >= 0.6 is 0 Å². The van der Waals surface area contributed by atoms with Crippen molar-refractivity contribution in [2.45, 2.75) is 6.42 Å². The molecule has 146 valence electrons. The molecule has 6 heteroatoms. The van der Waals surface area contributed by atoms with Gasteiger partial charge < -0.3 is 24.3 Å². The molecular weight excluding hydrogens is 354 g/mol. The molecule has 1 saturated heterocycles. The normalized spacial score (nSPS) is 15.0. The minimum atomic E-state index is -0.0640. The lowest BCUT2D eigenvalue weighted by molar-refractivity contribution is -0.115. The Kier molecular flexibility index (Phi) is 5.21. The summed E-state index contributed by atoms with van der Waals surface area (Å²) in [7, 11) is 3.77. The molecule has 0 radical (unpaired) electrons. The summed E-state index contributed by atoms with van der Waals surface area (Å²) in [5.74, 6) is 0.671. The Hall–Kier alpha value is -2.99. The van der Waals surface area contributed by atoms with Crippen LogP contribution in [0.5, 0.6) is 5.75 Å². The van der Waals surface area contributed by atoms with Crippen molar-refractivity contribution in [3.8, 4) is 5.75 Å². The summed E-state index contributed by atoms with van der Waals surface area (Å²) in [4.78, 5) is 17.2. The summed E-state index contributed by atoms with van der Waals surface area (Å²) < 4.78 is 10.8. The van der Waals surface area contributed by atoms with Gasteiger partial charge in [-0.05, 0) is 43.4 Å². The molecule has 2 heterocycles. The lowest BCUT2D eigenvalue weighted by atomic mass is 10.1. The lowest BCUT2D eigenvalue weighted by Crippen LogP contribution is -2.44. The quantitative estimate of drug-likeness (QED) is 0.737. The molecule has 0 unspecified atom stereocenters. The van der Waals surface area contributed by atoms with Crippen LogP contribution in [-0.4, -0.2) is 51.1 Å². The van der Waals surface area contributed by atoms with Gasteiger partial charge in [0.25, 0.3) is 0 Å². The molecule has 28 heavy (non-hydrogen) atoms. The summed E-state index contributed by atoms with van der Waals surface area (Å²) in [5, 5.41) is 3.90. The largest absolute Gasteiger partial charge is 0.497 e. The predicted octanol–water partition coefficient (Wildman–Crippen LogP) is 3.37. The van der Waals surface area contributed by atoms with Crippen LogP contribution in [0.1, 0.15) is 5.56 Å². The van der Waals surface area contributed by atoms with E-state index in [1.54, 1.807) is 13.4 Å². The predicted molar refractivity (Wildman–Crippen MR) is 111 cm³/mol. The fourth-order valence-electron chi connectivity index (χ4n) is 3.53. The molecular formula is C22H25N3O3. The molecule has 6 nitrogen and oxygen atoms in total. The summed E-state index contributed by atoms with van der Waals surface area (Å²) in [6.45, 7) is 4.20. The highest BCUT2D eigenvalue weighted by Crippen LogP contribution is 2.26. The molecule has 4 rings (SSSR count). The van der Waals surface area contributed by atoms with Gasteiger partial charge in [-0.3, -0.25) is 4.79 Å². The number of fused-ring (bicyclic) bond motifs is 1. The number of anilines is 2. The Balaban J connectivity index is 1.38. The third-order valence-electron chi connectivity index (χ3n) is 5.23. The van der Waals surface area contributed by atoms with E-state index in [-0.39, 0.29) is 12.3 Å². The highest BCUT2D eigenvalue weighted by molar-refractivity contribution is 5.95. The van der Waals surface area contributed by atoms with E-state index in [4.69, 9.17) is 9.15 Å². The van der Waals surface area contributed by atoms with Crippen LogP contribution < -0.4 is 15.0 Å². The maximum atomic E-state index is 12.5. The molecule has 0 atom stereocenters. The van der Waals surface area contributed by atoms with Crippen molar-refractivity contribution in [2.75, 3.05) is 50.6 Å². The van der Waals surface area contributed by atoms with Gasteiger partial charge in [-0.25, -0.2) is 0 Å². The van der Waals surface area contributed by atoms with E-state index < -0.39 is 0 Å². The van der Waals surface area contributed by atoms with Gasteiger partial charge in [0.05, 0.1) is 19.8 Å². The first-order chi connectivity index (χ1) is 13.6. The van der Waals surface area contributed by atoms with Crippen LogP contribution in [0.4, 0.5) is 11.4 Å². The molecule has 1 fully saturated rings.